The molecule has 0 fully saturated rings. The van der Waals surface area contributed by atoms with E-state index in [9.17, 15) is 4.79 Å². The molecule has 0 atom stereocenters. The average molecular weight is 307 g/mol. The molecule has 0 saturated heterocycles. The first kappa shape index (κ1) is 12.5. The third-order valence-electron chi connectivity index (χ3n) is 2.16. The van der Waals surface area contributed by atoms with E-state index in [1.54, 1.807) is 18.5 Å². The van der Waals surface area contributed by atoms with Crippen LogP contribution in [0, 0.1) is 0 Å². The van der Waals surface area contributed by atoms with Gasteiger partial charge in [-0.3, -0.25) is 5.32 Å². The van der Waals surface area contributed by atoms with Crippen molar-refractivity contribution in [2.45, 2.75) is 6.54 Å². The van der Waals surface area contributed by atoms with Crippen LogP contribution in [0.5, 0.6) is 0 Å². The van der Waals surface area contributed by atoms with E-state index < -0.39 is 0 Å². The quantitative estimate of drug-likeness (QED) is 0.916. The summed E-state index contributed by atoms with van der Waals surface area (Å²) in [5.41, 5.74) is 1.02. The minimum absolute atomic E-state index is 0.283. The fraction of sp³-hybridized carbons (Fsp3) is 0.0833. The van der Waals surface area contributed by atoms with Gasteiger partial charge in [-0.1, -0.05) is 28.1 Å². The molecule has 0 aliphatic rings. The van der Waals surface area contributed by atoms with Crippen LogP contribution in [0.15, 0.2) is 47.2 Å². The Kier molecular flexibility index (Phi) is 4.25. The Bertz CT molecular complexity index is 515. The molecule has 2 N–H and O–H groups in total. The summed E-state index contributed by atoms with van der Waals surface area (Å²) in [5.74, 6) is 0.283. The normalized spacial score (nSPS) is 9.83. The van der Waals surface area contributed by atoms with Crippen molar-refractivity contribution >= 4 is 27.9 Å². The monoisotopic (exact) mass is 306 g/mol. The fourth-order valence-corrected chi connectivity index (χ4v) is 1.56. The first-order valence-electron chi connectivity index (χ1n) is 5.30. The van der Waals surface area contributed by atoms with Crippen LogP contribution in [0.3, 0.4) is 0 Å². The lowest BCUT2D eigenvalue weighted by Crippen LogP contribution is -2.28. The highest BCUT2D eigenvalue weighted by molar-refractivity contribution is 9.10. The van der Waals surface area contributed by atoms with E-state index in [-0.39, 0.29) is 12.0 Å². The molecule has 2 aromatic rings. The van der Waals surface area contributed by atoms with E-state index >= 15 is 0 Å². The second-order valence-corrected chi connectivity index (χ2v) is 4.42. The van der Waals surface area contributed by atoms with Crippen LogP contribution in [-0.2, 0) is 6.54 Å². The molecule has 2 amide bonds. The number of benzene rings is 1. The van der Waals surface area contributed by atoms with Gasteiger partial charge in [-0.25, -0.2) is 14.8 Å². The zero-order valence-electron chi connectivity index (χ0n) is 9.43. The number of aromatic nitrogens is 2. The van der Waals surface area contributed by atoms with Crippen molar-refractivity contribution in [3.05, 3.63) is 52.8 Å². The molecule has 0 unspecified atom stereocenters. The van der Waals surface area contributed by atoms with Gasteiger partial charge in [-0.15, -0.1) is 0 Å². The standard InChI is InChI=1S/C12H11BrN4O/c13-10-4-2-9(3-5-10)8-16-12(18)17-11-14-6-1-7-15-11/h1-7H,8H2,(H2,14,15,16,17,18). The number of rotatable bonds is 3. The number of carbonyl (C=O) groups is 1. The minimum Gasteiger partial charge on any atom is -0.334 e. The van der Waals surface area contributed by atoms with Gasteiger partial charge in [0, 0.05) is 23.4 Å². The highest BCUT2D eigenvalue weighted by Gasteiger charge is 2.02. The molecule has 0 bridgehead atoms. The number of carbonyl (C=O) groups excluding carboxylic acids is 1. The van der Waals surface area contributed by atoms with E-state index in [2.05, 4.69) is 36.5 Å². The smallest absolute Gasteiger partial charge is 0.321 e. The van der Waals surface area contributed by atoms with Crippen molar-refractivity contribution in [1.82, 2.24) is 15.3 Å². The zero-order valence-corrected chi connectivity index (χ0v) is 11.0. The Labute approximate surface area is 113 Å². The summed E-state index contributed by atoms with van der Waals surface area (Å²) in [4.78, 5) is 19.3. The van der Waals surface area contributed by atoms with Crippen LogP contribution >= 0.6 is 15.9 Å². The summed E-state index contributed by atoms with van der Waals surface area (Å²) in [5, 5.41) is 5.26. The summed E-state index contributed by atoms with van der Waals surface area (Å²) in [6.45, 7) is 0.450. The maximum atomic E-state index is 11.5. The van der Waals surface area contributed by atoms with Gasteiger partial charge in [0.15, 0.2) is 0 Å². The second-order valence-electron chi connectivity index (χ2n) is 3.51. The highest BCUT2D eigenvalue weighted by Crippen LogP contribution is 2.10. The maximum absolute atomic E-state index is 11.5. The van der Waals surface area contributed by atoms with Gasteiger partial charge in [-0.05, 0) is 23.8 Å². The van der Waals surface area contributed by atoms with Gasteiger partial charge in [0.2, 0.25) is 5.95 Å². The van der Waals surface area contributed by atoms with E-state index in [4.69, 9.17) is 0 Å². The predicted molar refractivity (Wildman–Crippen MR) is 72.0 cm³/mol. The lowest BCUT2D eigenvalue weighted by atomic mass is 10.2. The summed E-state index contributed by atoms with van der Waals surface area (Å²) >= 11 is 3.35. The molecule has 1 heterocycles. The first-order chi connectivity index (χ1) is 8.74. The van der Waals surface area contributed by atoms with Gasteiger partial charge < -0.3 is 5.32 Å². The number of nitrogens with one attached hydrogen (secondary N) is 2. The van der Waals surface area contributed by atoms with Crippen LogP contribution in [0.1, 0.15) is 5.56 Å². The summed E-state index contributed by atoms with van der Waals surface area (Å²) in [6.07, 6.45) is 3.13. The Balaban J connectivity index is 1.83. The Morgan fingerprint density at radius 1 is 1.17 bits per heavy atom. The molecule has 2 rings (SSSR count). The molecule has 0 spiro atoms. The average Bonchev–Trinajstić information content (AvgIpc) is 2.39. The van der Waals surface area contributed by atoms with E-state index in [1.807, 2.05) is 24.3 Å². The number of anilines is 1. The van der Waals surface area contributed by atoms with Crippen LogP contribution in [0.4, 0.5) is 10.7 Å². The molecular weight excluding hydrogens is 296 g/mol. The molecular formula is C12H11BrN4O. The molecule has 0 aliphatic heterocycles. The molecule has 1 aromatic carbocycles. The van der Waals surface area contributed by atoms with Crippen LogP contribution < -0.4 is 10.6 Å². The topological polar surface area (TPSA) is 66.9 Å². The minimum atomic E-state index is -0.330. The van der Waals surface area contributed by atoms with Gasteiger partial charge >= 0.3 is 6.03 Å². The molecule has 6 heteroatoms. The number of urea groups is 1. The van der Waals surface area contributed by atoms with E-state index in [1.165, 1.54) is 0 Å². The number of nitrogens with zero attached hydrogens (tertiary/aromatic N) is 2. The van der Waals surface area contributed by atoms with Crippen molar-refractivity contribution in [2.24, 2.45) is 0 Å². The van der Waals surface area contributed by atoms with Crippen molar-refractivity contribution in [2.75, 3.05) is 5.32 Å². The molecule has 18 heavy (non-hydrogen) atoms. The number of hydrogen-bond acceptors (Lipinski definition) is 3. The lowest BCUT2D eigenvalue weighted by Gasteiger charge is -2.06. The van der Waals surface area contributed by atoms with Crippen LogP contribution in [0.2, 0.25) is 0 Å². The SMILES string of the molecule is O=C(NCc1ccc(Br)cc1)Nc1ncccn1. The molecule has 1 aromatic heterocycles. The molecule has 0 radical (unpaired) electrons. The maximum Gasteiger partial charge on any atom is 0.321 e. The Morgan fingerprint density at radius 3 is 2.50 bits per heavy atom. The third kappa shape index (κ3) is 3.81. The van der Waals surface area contributed by atoms with Gasteiger partial charge in [0.25, 0.3) is 0 Å². The molecule has 5 nitrogen and oxygen atoms in total. The van der Waals surface area contributed by atoms with Gasteiger partial charge in [0.05, 0.1) is 0 Å². The van der Waals surface area contributed by atoms with E-state index in [0.717, 1.165) is 10.0 Å². The lowest BCUT2D eigenvalue weighted by molar-refractivity contribution is 0.251. The Hall–Kier alpha value is -1.95. The van der Waals surface area contributed by atoms with Crippen molar-refractivity contribution in [3.8, 4) is 0 Å². The van der Waals surface area contributed by atoms with Gasteiger partial charge in [-0.2, -0.15) is 0 Å². The molecule has 0 saturated carbocycles. The predicted octanol–water partition coefficient (Wildman–Crippen LogP) is 2.56. The van der Waals surface area contributed by atoms with Crippen molar-refractivity contribution < 1.29 is 4.79 Å². The third-order valence-corrected chi connectivity index (χ3v) is 2.69. The number of hydrogen-bond donors (Lipinski definition) is 2. The van der Waals surface area contributed by atoms with Crippen molar-refractivity contribution in [1.29, 1.82) is 0 Å². The summed E-state index contributed by atoms with van der Waals surface area (Å²) < 4.78 is 1.01. The van der Waals surface area contributed by atoms with Crippen LogP contribution in [-0.4, -0.2) is 16.0 Å². The summed E-state index contributed by atoms with van der Waals surface area (Å²) in [7, 11) is 0. The summed E-state index contributed by atoms with van der Waals surface area (Å²) in [6, 6.07) is 9.08. The van der Waals surface area contributed by atoms with Gasteiger partial charge in [0.1, 0.15) is 0 Å². The molecule has 92 valence electrons. The van der Waals surface area contributed by atoms with Crippen LogP contribution in [0.25, 0.3) is 0 Å². The largest absolute Gasteiger partial charge is 0.334 e. The first-order valence-corrected chi connectivity index (χ1v) is 6.09. The second kappa shape index (κ2) is 6.11. The zero-order chi connectivity index (χ0) is 12.8. The highest BCUT2D eigenvalue weighted by atomic mass is 79.9. The fourth-order valence-electron chi connectivity index (χ4n) is 1.29. The molecule has 0 aliphatic carbocycles. The van der Waals surface area contributed by atoms with E-state index in [0.29, 0.717) is 6.54 Å². The Morgan fingerprint density at radius 2 is 1.83 bits per heavy atom. The number of halogens is 1. The number of amides is 2. The van der Waals surface area contributed by atoms with Crippen molar-refractivity contribution in [3.63, 3.8) is 0 Å².